The number of benzene rings is 1. The maximum Gasteiger partial charge on any atom is 0.235 e. The average molecular weight is 465 g/mol. The van der Waals surface area contributed by atoms with Crippen LogP contribution in [0.3, 0.4) is 0 Å². The maximum absolute atomic E-state index is 12.8. The largest absolute Gasteiger partial charge is 0.385 e. The molecule has 0 aliphatic carbocycles. The van der Waals surface area contributed by atoms with Crippen molar-refractivity contribution in [1.29, 1.82) is 5.26 Å². The molecule has 0 spiro atoms. The maximum atomic E-state index is 12.8. The van der Waals surface area contributed by atoms with Gasteiger partial charge in [0.15, 0.2) is 11.0 Å². The molecule has 1 aromatic carbocycles. The Hall–Kier alpha value is -3.35. The molecule has 1 amide bonds. The molecule has 3 rings (SSSR count). The zero-order chi connectivity index (χ0) is 23.8. The molecule has 33 heavy (non-hydrogen) atoms. The first-order valence-electron chi connectivity index (χ1n) is 10.6. The zero-order valence-corrected chi connectivity index (χ0v) is 20.0. The highest BCUT2D eigenvalue weighted by Crippen LogP contribution is 2.28. The van der Waals surface area contributed by atoms with Crippen molar-refractivity contribution in [2.24, 2.45) is 0 Å². The van der Waals surface area contributed by atoms with Gasteiger partial charge in [-0.15, -0.1) is 16.8 Å². The number of nitriles is 1. The van der Waals surface area contributed by atoms with Gasteiger partial charge in [0.05, 0.1) is 11.3 Å². The van der Waals surface area contributed by atoms with Gasteiger partial charge in [-0.25, -0.2) is 0 Å². The van der Waals surface area contributed by atoms with Gasteiger partial charge in [0.25, 0.3) is 0 Å². The third-order valence-corrected chi connectivity index (χ3v) is 6.29. The van der Waals surface area contributed by atoms with Crippen LogP contribution in [0.1, 0.15) is 23.2 Å². The molecule has 0 aliphatic rings. The molecular formula is C24H28N6O2S. The van der Waals surface area contributed by atoms with E-state index in [9.17, 15) is 10.1 Å². The number of ether oxygens (including phenoxy) is 1. The summed E-state index contributed by atoms with van der Waals surface area (Å²) in [6.07, 6.45) is 2.55. The van der Waals surface area contributed by atoms with E-state index in [1.165, 1.54) is 11.8 Å². The number of thioether (sulfide) groups is 1. The van der Waals surface area contributed by atoms with Crippen LogP contribution in [0.15, 0.2) is 48.1 Å². The van der Waals surface area contributed by atoms with Crippen LogP contribution in [-0.4, -0.2) is 44.7 Å². The molecule has 8 nitrogen and oxygen atoms in total. The lowest BCUT2D eigenvalue weighted by molar-refractivity contribution is -0.113. The third-order valence-electron chi connectivity index (χ3n) is 5.32. The number of methoxy groups -OCH3 is 1. The molecular weight excluding hydrogens is 436 g/mol. The fourth-order valence-corrected chi connectivity index (χ4v) is 4.31. The molecule has 0 bridgehead atoms. The molecule has 2 heterocycles. The van der Waals surface area contributed by atoms with Crippen molar-refractivity contribution in [3.8, 4) is 17.5 Å². The van der Waals surface area contributed by atoms with Crippen LogP contribution in [0, 0.1) is 25.2 Å². The van der Waals surface area contributed by atoms with Crippen molar-refractivity contribution in [2.75, 3.05) is 24.8 Å². The highest BCUT2D eigenvalue weighted by Gasteiger charge is 2.20. The molecule has 0 radical (unpaired) electrons. The van der Waals surface area contributed by atoms with Crippen molar-refractivity contribution in [1.82, 2.24) is 19.3 Å². The van der Waals surface area contributed by atoms with Crippen molar-refractivity contribution in [3.63, 3.8) is 0 Å². The van der Waals surface area contributed by atoms with Crippen LogP contribution >= 0.6 is 11.8 Å². The van der Waals surface area contributed by atoms with Crippen molar-refractivity contribution >= 4 is 23.5 Å². The molecule has 0 unspecified atom stereocenters. The van der Waals surface area contributed by atoms with Crippen molar-refractivity contribution < 1.29 is 9.53 Å². The number of aromatic nitrogens is 4. The molecule has 1 N–H and O–H groups in total. The predicted octanol–water partition coefficient (Wildman–Crippen LogP) is 4.19. The minimum absolute atomic E-state index is 0.135. The second-order valence-electron chi connectivity index (χ2n) is 7.45. The van der Waals surface area contributed by atoms with Crippen LogP contribution in [0.4, 0.5) is 5.82 Å². The number of amides is 1. The lowest BCUT2D eigenvalue weighted by Crippen LogP contribution is -2.19. The van der Waals surface area contributed by atoms with Gasteiger partial charge in [-0.05, 0) is 25.8 Å². The van der Waals surface area contributed by atoms with Crippen LogP contribution in [0.5, 0.6) is 0 Å². The topological polar surface area (TPSA) is 97.8 Å². The number of carbonyl (C=O) groups excluding carboxylic acids is 1. The van der Waals surface area contributed by atoms with Gasteiger partial charge in [0.1, 0.15) is 11.9 Å². The number of rotatable bonds is 11. The zero-order valence-electron chi connectivity index (χ0n) is 19.2. The summed E-state index contributed by atoms with van der Waals surface area (Å²) in [4.78, 5) is 12.8. The number of allylic oxidation sites excluding steroid dienone is 1. The Morgan fingerprint density at radius 1 is 1.27 bits per heavy atom. The molecule has 9 heteroatoms. The molecule has 0 aliphatic heterocycles. The number of anilines is 1. The van der Waals surface area contributed by atoms with Gasteiger partial charge in [0, 0.05) is 38.1 Å². The van der Waals surface area contributed by atoms with Crippen LogP contribution in [0.2, 0.25) is 0 Å². The van der Waals surface area contributed by atoms with E-state index >= 15 is 0 Å². The summed E-state index contributed by atoms with van der Waals surface area (Å²) in [5.74, 6) is 1.18. The summed E-state index contributed by atoms with van der Waals surface area (Å²) in [5.41, 5.74) is 3.27. The SMILES string of the molecule is C=CCn1c(SCC(=O)Nc2c(C#N)c(C)c(C)n2CCCOC)nnc1-c1ccccc1. The van der Waals surface area contributed by atoms with Crippen LogP contribution in [-0.2, 0) is 22.6 Å². The number of hydrogen-bond acceptors (Lipinski definition) is 6. The van der Waals surface area contributed by atoms with Crippen LogP contribution in [0.25, 0.3) is 11.4 Å². The molecule has 3 aromatic rings. The van der Waals surface area contributed by atoms with Crippen LogP contribution < -0.4 is 5.32 Å². The van der Waals surface area contributed by atoms with Gasteiger partial charge < -0.3 is 14.6 Å². The monoisotopic (exact) mass is 464 g/mol. The Morgan fingerprint density at radius 2 is 2.03 bits per heavy atom. The first kappa shape index (κ1) is 24.3. The smallest absolute Gasteiger partial charge is 0.235 e. The summed E-state index contributed by atoms with van der Waals surface area (Å²) in [6, 6.07) is 12.0. The van der Waals surface area contributed by atoms with E-state index in [0.29, 0.717) is 36.2 Å². The van der Waals surface area contributed by atoms with Crippen molar-refractivity contribution in [3.05, 3.63) is 59.8 Å². The number of nitrogens with one attached hydrogen (secondary N) is 1. The summed E-state index contributed by atoms with van der Waals surface area (Å²) < 4.78 is 9.06. The second-order valence-corrected chi connectivity index (χ2v) is 8.39. The molecule has 2 aromatic heterocycles. The fourth-order valence-electron chi connectivity index (χ4n) is 3.57. The minimum Gasteiger partial charge on any atom is -0.385 e. The van der Waals surface area contributed by atoms with Gasteiger partial charge >= 0.3 is 0 Å². The average Bonchev–Trinajstić information content (AvgIpc) is 3.32. The molecule has 0 saturated heterocycles. The van der Waals surface area contributed by atoms with E-state index in [4.69, 9.17) is 4.74 Å². The first-order valence-corrected chi connectivity index (χ1v) is 11.6. The summed E-state index contributed by atoms with van der Waals surface area (Å²) in [7, 11) is 1.66. The number of hydrogen-bond donors (Lipinski definition) is 1. The summed E-state index contributed by atoms with van der Waals surface area (Å²) >= 11 is 1.30. The molecule has 0 atom stereocenters. The lowest BCUT2D eigenvalue weighted by atomic mass is 10.2. The normalized spacial score (nSPS) is 10.7. The Labute approximate surface area is 198 Å². The Kier molecular flexibility index (Phi) is 8.46. The van der Waals surface area contributed by atoms with Crippen molar-refractivity contribution in [2.45, 2.75) is 38.5 Å². The quantitative estimate of drug-likeness (QED) is 0.260. The van der Waals surface area contributed by atoms with Gasteiger partial charge in [-0.3, -0.25) is 9.36 Å². The number of carbonyl (C=O) groups is 1. The second kappa shape index (κ2) is 11.5. The highest BCUT2D eigenvalue weighted by molar-refractivity contribution is 7.99. The van der Waals surface area contributed by atoms with Gasteiger partial charge in [-0.2, -0.15) is 5.26 Å². The molecule has 172 valence electrons. The Balaban J connectivity index is 1.76. The van der Waals surface area contributed by atoms with E-state index in [1.54, 1.807) is 13.2 Å². The lowest BCUT2D eigenvalue weighted by Gasteiger charge is -2.13. The highest BCUT2D eigenvalue weighted by atomic mass is 32.2. The fraction of sp³-hybridized carbons (Fsp3) is 0.333. The predicted molar refractivity (Wildman–Crippen MR) is 130 cm³/mol. The minimum atomic E-state index is -0.212. The van der Waals surface area contributed by atoms with E-state index in [-0.39, 0.29) is 11.7 Å². The number of nitrogens with zero attached hydrogens (tertiary/aromatic N) is 5. The third kappa shape index (κ3) is 5.53. The standard InChI is InChI=1S/C24H28N6O2S/c1-5-12-30-22(19-10-7-6-8-11-19)27-28-24(30)33-16-21(31)26-23-20(15-25)17(2)18(3)29(23)13-9-14-32-4/h5-8,10-11H,1,9,12-14,16H2,2-4H3,(H,26,31). The van der Waals surface area contributed by atoms with E-state index in [1.807, 2.05) is 53.3 Å². The molecule has 0 saturated carbocycles. The Morgan fingerprint density at radius 3 is 2.70 bits per heavy atom. The summed E-state index contributed by atoms with van der Waals surface area (Å²) in [6.45, 7) is 9.46. The van der Waals surface area contributed by atoms with E-state index in [2.05, 4.69) is 28.2 Å². The first-order chi connectivity index (χ1) is 16.0. The molecule has 0 fully saturated rings. The van der Waals surface area contributed by atoms with E-state index in [0.717, 1.165) is 29.1 Å². The Bertz CT molecular complexity index is 1160. The van der Waals surface area contributed by atoms with E-state index < -0.39 is 0 Å². The van der Waals surface area contributed by atoms with Gasteiger partial charge in [0.2, 0.25) is 5.91 Å². The van der Waals surface area contributed by atoms with Gasteiger partial charge in [-0.1, -0.05) is 48.2 Å². The summed E-state index contributed by atoms with van der Waals surface area (Å²) in [5, 5.41) is 21.8.